The number of halogens is 1. The summed E-state index contributed by atoms with van der Waals surface area (Å²) in [6.45, 7) is 8.59. The molecule has 8 nitrogen and oxygen atoms in total. The van der Waals surface area contributed by atoms with Crippen molar-refractivity contribution in [3.63, 3.8) is 0 Å². The summed E-state index contributed by atoms with van der Waals surface area (Å²) >= 11 is 5.87. The number of nitrogens with two attached hydrogens (primary N) is 2. The highest BCUT2D eigenvalue weighted by atomic mass is 35.5. The average molecular weight is 356 g/mol. The largest absolute Gasteiger partial charge is 0.382 e. The van der Waals surface area contributed by atoms with Gasteiger partial charge in [0, 0.05) is 11.1 Å². The Morgan fingerprint density at radius 1 is 1.12 bits per heavy atom. The van der Waals surface area contributed by atoms with Crippen molar-refractivity contribution >= 4 is 29.1 Å². The molecular formula is C15H26ClN7O. The smallest absolute Gasteiger partial charge is 0.276 e. The number of rotatable bonds is 2. The van der Waals surface area contributed by atoms with Gasteiger partial charge in [0.15, 0.2) is 22.5 Å². The van der Waals surface area contributed by atoms with Gasteiger partial charge in [0.25, 0.3) is 5.91 Å². The zero-order valence-electron chi connectivity index (χ0n) is 15.0. The fourth-order valence-electron chi connectivity index (χ4n) is 3.22. The Bertz CT molecular complexity index is 641. The number of carbonyl (C=O) groups is 1. The molecule has 0 unspecified atom stereocenters. The van der Waals surface area contributed by atoms with Gasteiger partial charge in [0.2, 0.25) is 0 Å². The first-order valence-electron chi connectivity index (χ1n) is 7.72. The SMILES string of the molecule is CN1C(NC(=O)c2nc(Cl)c(N)nc2N)N(C)C(C)(C)CC1(C)C. The number of nitrogens with zero attached hydrogens (tertiary/aromatic N) is 4. The van der Waals surface area contributed by atoms with Crippen LogP contribution in [-0.2, 0) is 0 Å². The van der Waals surface area contributed by atoms with Crippen molar-refractivity contribution in [3.8, 4) is 0 Å². The van der Waals surface area contributed by atoms with Crippen LogP contribution >= 0.6 is 11.6 Å². The summed E-state index contributed by atoms with van der Waals surface area (Å²) in [5.74, 6) is -0.493. The minimum Gasteiger partial charge on any atom is -0.382 e. The first-order chi connectivity index (χ1) is 10.9. The van der Waals surface area contributed by atoms with Gasteiger partial charge in [-0.05, 0) is 48.2 Å². The second-order valence-electron chi connectivity index (χ2n) is 7.50. The normalized spacial score (nSPS) is 21.6. The first-order valence-corrected chi connectivity index (χ1v) is 8.10. The van der Waals surface area contributed by atoms with Gasteiger partial charge in [0.1, 0.15) is 6.29 Å². The van der Waals surface area contributed by atoms with Crippen LogP contribution in [0.1, 0.15) is 44.6 Å². The quantitative estimate of drug-likeness (QED) is 0.728. The van der Waals surface area contributed by atoms with Gasteiger partial charge in [-0.25, -0.2) is 9.97 Å². The van der Waals surface area contributed by atoms with Crippen molar-refractivity contribution in [2.45, 2.75) is 51.5 Å². The molecule has 0 aromatic carbocycles. The van der Waals surface area contributed by atoms with Gasteiger partial charge in [-0.3, -0.25) is 14.6 Å². The van der Waals surface area contributed by atoms with E-state index in [1.54, 1.807) is 0 Å². The van der Waals surface area contributed by atoms with Gasteiger partial charge >= 0.3 is 0 Å². The summed E-state index contributed by atoms with van der Waals surface area (Å²) < 4.78 is 0. The predicted molar refractivity (Wildman–Crippen MR) is 95.4 cm³/mol. The molecule has 0 spiro atoms. The van der Waals surface area contributed by atoms with E-state index in [9.17, 15) is 4.79 Å². The van der Waals surface area contributed by atoms with E-state index in [1.165, 1.54) is 0 Å². The molecule has 0 bridgehead atoms. The average Bonchev–Trinajstić information content (AvgIpc) is 2.44. The van der Waals surface area contributed by atoms with Crippen molar-refractivity contribution < 1.29 is 4.79 Å². The second kappa shape index (κ2) is 6.02. The second-order valence-corrected chi connectivity index (χ2v) is 7.86. The van der Waals surface area contributed by atoms with Crippen molar-refractivity contribution in [1.29, 1.82) is 0 Å². The molecule has 1 aromatic heterocycles. The van der Waals surface area contributed by atoms with E-state index >= 15 is 0 Å². The van der Waals surface area contributed by atoms with Crippen LogP contribution in [0.3, 0.4) is 0 Å². The molecule has 134 valence electrons. The molecule has 1 fully saturated rings. The van der Waals surface area contributed by atoms with E-state index in [0.29, 0.717) is 0 Å². The number of hydrogen-bond donors (Lipinski definition) is 3. The number of nitrogens with one attached hydrogen (secondary N) is 1. The molecule has 9 heteroatoms. The third kappa shape index (κ3) is 3.26. The highest BCUT2D eigenvalue weighted by Gasteiger charge is 2.46. The zero-order chi connectivity index (χ0) is 18.4. The van der Waals surface area contributed by atoms with Crippen LogP contribution in [0.25, 0.3) is 0 Å². The van der Waals surface area contributed by atoms with E-state index in [1.807, 2.05) is 14.1 Å². The number of carbonyl (C=O) groups excluding carboxylic acids is 1. The lowest BCUT2D eigenvalue weighted by Crippen LogP contribution is -2.71. The molecule has 24 heavy (non-hydrogen) atoms. The Labute approximate surface area is 147 Å². The van der Waals surface area contributed by atoms with E-state index in [2.05, 4.69) is 52.8 Å². The van der Waals surface area contributed by atoms with E-state index in [0.717, 1.165) is 6.42 Å². The third-order valence-electron chi connectivity index (χ3n) is 4.89. The first kappa shape index (κ1) is 18.7. The number of nitrogen functional groups attached to an aromatic ring is 2. The summed E-state index contributed by atoms with van der Waals surface area (Å²) in [6.07, 6.45) is 0.628. The summed E-state index contributed by atoms with van der Waals surface area (Å²) in [4.78, 5) is 24.7. The standard InChI is InChI=1S/C15H26ClN7O/c1-14(2)7-15(3,4)23(6)13(22(14)5)21-12(24)8-10(17)20-11(18)9(16)19-8/h13H,7H2,1-6H3,(H,21,24)(H4,17,18,20). The Balaban J connectivity index is 2.31. The number of aromatic nitrogens is 2. The fraction of sp³-hybridized carbons (Fsp3) is 0.667. The van der Waals surface area contributed by atoms with Gasteiger partial charge in [-0.1, -0.05) is 11.6 Å². The summed E-state index contributed by atoms with van der Waals surface area (Å²) in [7, 11) is 3.95. The number of amides is 1. The van der Waals surface area contributed by atoms with E-state index in [4.69, 9.17) is 23.1 Å². The molecule has 0 atom stereocenters. The lowest BCUT2D eigenvalue weighted by atomic mass is 9.82. The molecule has 0 aliphatic carbocycles. The molecule has 0 radical (unpaired) electrons. The lowest BCUT2D eigenvalue weighted by Gasteiger charge is -2.57. The maximum Gasteiger partial charge on any atom is 0.276 e. The molecule has 1 saturated heterocycles. The van der Waals surface area contributed by atoms with Crippen LogP contribution in [0.5, 0.6) is 0 Å². The Morgan fingerprint density at radius 2 is 1.62 bits per heavy atom. The van der Waals surface area contributed by atoms with Crippen molar-refractivity contribution in [2.24, 2.45) is 0 Å². The van der Waals surface area contributed by atoms with Crippen molar-refractivity contribution in [1.82, 2.24) is 25.1 Å². The molecule has 1 aliphatic heterocycles. The molecule has 0 saturated carbocycles. The monoisotopic (exact) mass is 355 g/mol. The minimum absolute atomic E-state index is 0.000106. The molecule has 2 heterocycles. The Hall–Kier alpha value is -1.64. The lowest BCUT2D eigenvalue weighted by molar-refractivity contribution is -0.116. The predicted octanol–water partition coefficient (Wildman–Crippen LogP) is 1.13. The Kier molecular flexibility index (Phi) is 4.69. The highest BCUT2D eigenvalue weighted by molar-refractivity contribution is 6.31. The molecule has 1 aliphatic rings. The third-order valence-corrected chi connectivity index (χ3v) is 5.17. The van der Waals surface area contributed by atoms with Crippen LogP contribution in [0, 0.1) is 0 Å². The van der Waals surface area contributed by atoms with Gasteiger partial charge < -0.3 is 16.8 Å². The summed E-state index contributed by atoms with van der Waals surface area (Å²) in [5, 5.41) is 2.92. The molecule has 1 amide bonds. The summed E-state index contributed by atoms with van der Waals surface area (Å²) in [5.41, 5.74) is 11.1. The van der Waals surface area contributed by atoms with E-state index in [-0.39, 0.29) is 39.9 Å². The van der Waals surface area contributed by atoms with Crippen LogP contribution in [-0.4, -0.2) is 57.1 Å². The molecular weight excluding hydrogens is 330 g/mol. The van der Waals surface area contributed by atoms with Crippen LogP contribution in [0.4, 0.5) is 11.6 Å². The molecule has 5 N–H and O–H groups in total. The molecule has 2 rings (SSSR count). The maximum atomic E-state index is 12.7. The highest BCUT2D eigenvalue weighted by Crippen LogP contribution is 2.36. The van der Waals surface area contributed by atoms with Gasteiger partial charge in [0.05, 0.1) is 0 Å². The van der Waals surface area contributed by atoms with Gasteiger partial charge in [-0.2, -0.15) is 0 Å². The number of hydrogen-bond acceptors (Lipinski definition) is 7. The zero-order valence-corrected chi connectivity index (χ0v) is 15.8. The van der Waals surface area contributed by atoms with Crippen molar-refractivity contribution in [3.05, 3.63) is 10.8 Å². The minimum atomic E-state index is -0.445. The van der Waals surface area contributed by atoms with Gasteiger partial charge in [-0.15, -0.1) is 0 Å². The van der Waals surface area contributed by atoms with Crippen molar-refractivity contribution in [2.75, 3.05) is 25.6 Å². The van der Waals surface area contributed by atoms with Crippen LogP contribution in [0.2, 0.25) is 5.15 Å². The Morgan fingerprint density at radius 3 is 2.12 bits per heavy atom. The van der Waals surface area contributed by atoms with Crippen LogP contribution in [0.15, 0.2) is 0 Å². The topological polar surface area (TPSA) is 113 Å². The van der Waals surface area contributed by atoms with Crippen LogP contribution < -0.4 is 16.8 Å². The fourth-order valence-corrected chi connectivity index (χ4v) is 3.34. The number of anilines is 2. The summed E-state index contributed by atoms with van der Waals surface area (Å²) in [6, 6.07) is 0. The molecule has 1 aromatic rings. The maximum absolute atomic E-state index is 12.7. The van der Waals surface area contributed by atoms with E-state index < -0.39 is 5.91 Å².